The highest BCUT2D eigenvalue weighted by Crippen LogP contribution is 2.13. The van der Waals surface area contributed by atoms with E-state index in [1.165, 1.54) is 0 Å². The fourth-order valence-electron chi connectivity index (χ4n) is 1.15. The van der Waals surface area contributed by atoms with Crippen LogP contribution in [-0.2, 0) is 0 Å². The monoisotopic (exact) mass is 242 g/mol. The van der Waals surface area contributed by atoms with Crippen molar-refractivity contribution < 1.29 is 0 Å². The van der Waals surface area contributed by atoms with Crippen LogP contribution in [0.25, 0.3) is 0 Å². The summed E-state index contributed by atoms with van der Waals surface area (Å²) in [4.78, 5) is 4.16. The molecule has 1 aromatic rings. The Morgan fingerprint density at radius 1 is 1.38 bits per heavy atom. The van der Waals surface area contributed by atoms with Crippen LogP contribution in [0.2, 0.25) is 0 Å². The first-order chi connectivity index (χ1) is 5.86. The Kier molecular flexibility index (Phi) is 3.25. The fourth-order valence-corrected chi connectivity index (χ4v) is 1.15. The van der Waals surface area contributed by atoms with Gasteiger partial charge in [0.05, 0.1) is 6.54 Å². The van der Waals surface area contributed by atoms with Crippen molar-refractivity contribution in [1.82, 2.24) is 4.98 Å². The maximum atomic E-state index is 5.54. The van der Waals surface area contributed by atoms with Crippen molar-refractivity contribution in [3.63, 3.8) is 0 Å². The van der Waals surface area contributed by atoms with Crippen LogP contribution in [0.15, 0.2) is 29.5 Å². The molecule has 0 aromatic carbocycles. The molecule has 0 spiro atoms. The molecule has 13 heavy (non-hydrogen) atoms. The van der Waals surface area contributed by atoms with Crippen molar-refractivity contribution in [1.29, 1.82) is 0 Å². The van der Waals surface area contributed by atoms with Crippen molar-refractivity contribution in [2.24, 2.45) is 10.8 Å². The SMILES string of the molecule is Br.NC1=NN(c2ccccn2)CC1. The highest BCUT2D eigenvalue weighted by Gasteiger charge is 2.13. The lowest BCUT2D eigenvalue weighted by Crippen LogP contribution is -2.12. The second-order valence-corrected chi connectivity index (χ2v) is 2.65. The van der Waals surface area contributed by atoms with Gasteiger partial charge in [-0.15, -0.1) is 17.0 Å². The van der Waals surface area contributed by atoms with Crippen LogP contribution >= 0.6 is 17.0 Å². The van der Waals surface area contributed by atoms with Gasteiger partial charge in [-0.25, -0.2) is 9.99 Å². The van der Waals surface area contributed by atoms with Gasteiger partial charge in [-0.3, -0.25) is 0 Å². The Labute approximate surface area is 87.2 Å². The normalized spacial score (nSPS) is 15.1. The Bertz CT molecular complexity index is 298. The fraction of sp³-hybridized carbons (Fsp3) is 0.250. The molecule has 0 fully saturated rings. The number of nitrogens with zero attached hydrogens (tertiary/aromatic N) is 3. The van der Waals surface area contributed by atoms with E-state index in [1.807, 2.05) is 23.2 Å². The molecule has 2 N–H and O–H groups in total. The second-order valence-electron chi connectivity index (χ2n) is 2.65. The minimum absolute atomic E-state index is 0. The van der Waals surface area contributed by atoms with E-state index in [2.05, 4.69) is 10.1 Å². The van der Waals surface area contributed by atoms with E-state index in [4.69, 9.17) is 5.73 Å². The van der Waals surface area contributed by atoms with Gasteiger partial charge in [-0.1, -0.05) is 6.07 Å². The molecule has 2 heterocycles. The van der Waals surface area contributed by atoms with Crippen LogP contribution in [-0.4, -0.2) is 17.4 Å². The number of rotatable bonds is 1. The maximum absolute atomic E-state index is 5.54. The molecule has 0 bridgehead atoms. The van der Waals surface area contributed by atoms with Crippen LogP contribution in [0, 0.1) is 0 Å². The van der Waals surface area contributed by atoms with Gasteiger partial charge in [0, 0.05) is 12.6 Å². The van der Waals surface area contributed by atoms with Crippen LogP contribution in [0.3, 0.4) is 0 Å². The molecule has 70 valence electrons. The smallest absolute Gasteiger partial charge is 0.148 e. The molecule has 5 heteroatoms. The molecule has 4 nitrogen and oxygen atoms in total. The lowest BCUT2D eigenvalue weighted by atomic mass is 10.4. The van der Waals surface area contributed by atoms with E-state index in [0.717, 1.165) is 18.8 Å². The van der Waals surface area contributed by atoms with E-state index < -0.39 is 0 Å². The molecule has 0 amide bonds. The first kappa shape index (κ1) is 9.98. The number of amidine groups is 1. The predicted octanol–water partition coefficient (Wildman–Crippen LogP) is 1.14. The molecule has 0 aliphatic carbocycles. The lowest BCUT2D eigenvalue weighted by molar-refractivity contribution is 0.896. The standard InChI is InChI=1S/C8H10N4.BrH/c9-7-4-6-12(11-7)8-3-1-2-5-10-8;/h1-3,5H,4,6H2,(H2,9,11);1H. The Morgan fingerprint density at radius 2 is 2.23 bits per heavy atom. The largest absolute Gasteiger partial charge is 0.386 e. The number of nitrogens with two attached hydrogens (primary N) is 1. The Morgan fingerprint density at radius 3 is 2.77 bits per heavy atom. The molecule has 1 aromatic heterocycles. The Hall–Kier alpha value is -1.10. The summed E-state index contributed by atoms with van der Waals surface area (Å²) in [5, 5.41) is 5.94. The highest BCUT2D eigenvalue weighted by atomic mass is 79.9. The quantitative estimate of drug-likeness (QED) is 0.804. The van der Waals surface area contributed by atoms with Gasteiger partial charge in [0.1, 0.15) is 11.7 Å². The number of pyridine rings is 1. The number of aromatic nitrogens is 1. The third-order valence-electron chi connectivity index (χ3n) is 1.74. The van der Waals surface area contributed by atoms with Crippen molar-refractivity contribution in [3.8, 4) is 0 Å². The van der Waals surface area contributed by atoms with Gasteiger partial charge in [-0.2, -0.15) is 5.10 Å². The minimum Gasteiger partial charge on any atom is -0.386 e. The summed E-state index contributed by atoms with van der Waals surface area (Å²) in [6.45, 7) is 0.836. The molecule has 0 atom stereocenters. The number of halogens is 1. The third-order valence-corrected chi connectivity index (χ3v) is 1.74. The summed E-state index contributed by atoms with van der Waals surface area (Å²) in [5.41, 5.74) is 5.54. The second kappa shape index (κ2) is 4.23. The van der Waals surface area contributed by atoms with Crippen molar-refractivity contribution >= 4 is 28.6 Å². The molecule has 1 aliphatic heterocycles. The summed E-state index contributed by atoms with van der Waals surface area (Å²) < 4.78 is 0. The molecule has 0 unspecified atom stereocenters. The lowest BCUT2D eigenvalue weighted by Gasteiger charge is -2.10. The third kappa shape index (κ3) is 2.18. The summed E-state index contributed by atoms with van der Waals surface area (Å²) in [6.07, 6.45) is 2.58. The minimum atomic E-state index is 0. The topological polar surface area (TPSA) is 54.5 Å². The zero-order valence-corrected chi connectivity index (χ0v) is 8.76. The zero-order chi connectivity index (χ0) is 8.39. The summed E-state index contributed by atoms with van der Waals surface area (Å²) in [7, 11) is 0. The highest BCUT2D eigenvalue weighted by molar-refractivity contribution is 8.93. The molecule has 0 radical (unpaired) electrons. The van der Waals surface area contributed by atoms with Gasteiger partial charge in [-0.05, 0) is 12.1 Å². The van der Waals surface area contributed by atoms with Crippen LogP contribution in [0.4, 0.5) is 5.82 Å². The average molecular weight is 243 g/mol. The van der Waals surface area contributed by atoms with Gasteiger partial charge in [0.2, 0.25) is 0 Å². The van der Waals surface area contributed by atoms with Crippen LogP contribution in [0.1, 0.15) is 6.42 Å². The average Bonchev–Trinajstić information content (AvgIpc) is 2.54. The maximum Gasteiger partial charge on any atom is 0.148 e. The summed E-state index contributed by atoms with van der Waals surface area (Å²) in [6, 6.07) is 5.74. The van der Waals surface area contributed by atoms with E-state index in [9.17, 15) is 0 Å². The van der Waals surface area contributed by atoms with E-state index in [0.29, 0.717) is 5.84 Å². The van der Waals surface area contributed by atoms with Crippen molar-refractivity contribution in [2.75, 3.05) is 11.6 Å². The van der Waals surface area contributed by atoms with Gasteiger partial charge in [0.25, 0.3) is 0 Å². The first-order valence-electron chi connectivity index (χ1n) is 3.88. The molecule has 0 saturated carbocycles. The molecule has 0 saturated heterocycles. The van der Waals surface area contributed by atoms with Crippen molar-refractivity contribution in [3.05, 3.63) is 24.4 Å². The summed E-state index contributed by atoms with van der Waals surface area (Å²) >= 11 is 0. The first-order valence-corrected chi connectivity index (χ1v) is 3.88. The van der Waals surface area contributed by atoms with Crippen LogP contribution < -0.4 is 10.7 Å². The number of hydrogen-bond acceptors (Lipinski definition) is 4. The Balaban J connectivity index is 0.000000845. The van der Waals surface area contributed by atoms with Gasteiger partial charge in [0.15, 0.2) is 0 Å². The van der Waals surface area contributed by atoms with Gasteiger partial charge < -0.3 is 5.73 Å². The van der Waals surface area contributed by atoms with Gasteiger partial charge >= 0.3 is 0 Å². The molecular formula is C8H11BrN4. The van der Waals surface area contributed by atoms with Crippen molar-refractivity contribution in [2.45, 2.75) is 6.42 Å². The zero-order valence-electron chi connectivity index (χ0n) is 7.05. The van der Waals surface area contributed by atoms with E-state index in [1.54, 1.807) is 6.20 Å². The molecule has 1 aliphatic rings. The molecule has 2 rings (SSSR count). The number of hydrazone groups is 1. The van der Waals surface area contributed by atoms with E-state index in [-0.39, 0.29) is 17.0 Å². The van der Waals surface area contributed by atoms with E-state index >= 15 is 0 Å². The van der Waals surface area contributed by atoms with Crippen LogP contribution in [0.5, 0.6) is 0 Å². The summed E-state index contributed by atoms with van der Waals surface area (Å²) in [5.74, 6) is 1.54. The number of anilines is 1. The predicted molar refractivity (Wildman–Crippen MR) is 58.1 cm³/mol. The molecular weight excluding hydrogens is 232 g/mol. The number of hydrogen-bond donors (Lipinski definition) is 1.